The largest absolute Gasteiger partial charge is 0.357 e. The molecule has 1 fully saturated rings. The highest BCUT2D eigenvalue weighted by molar-refractivity contribution is 14.0. The van der Waals surface area contributed by atoms with Crippen LogP contribution in [0.15, 0.2) is 53.8 Å². The van der Waals surface area contributed by atoms with Crippen LogP contribution >= 0.6 is 24.0 Å². The Labute approximate surface area is 195 Å². The van der Waals surface area contributed by atoms with E-state index in [9.17, 15) is 4.79 Å². The van der Waals surface area contributed by atoms with E-state index >= 15 is 0 Å². The number of benzene rings is 1. The summed E-state index contributed by atoms with van der Waals surface area (Å²) in [5.41, 5.74) is 1.10. The molecule has 1 aromatic carbocycles. The molecule has 1 aromatic heterocycles. The molecular formula is C21H30IN7O. The Kier molecular flexibility index (Phi) is 10.3. The van der Waals surface area contributed by atoms with Crippen LogP contribution in [-0.4, -0.2) is 66.0 Å². The van der Waals surface area contributed by atoms with Crippen molar-refractivity contribution in [1.29, 1.82) is 0 Å². The van der Waals surface area contributed by atoms with Gasteiger partial charge < -0.3 is 20.4 Å². The van der Waals surface area contributed by atoms with Crippen LogP contribution in [0.5, 0.6) is 0 Å². The summed E-state index contributed by atoms with van der Waals surface area (Å²) < 4.78 is 0. The molecule has 3 rings (SSSR count). The van der Waals surface area contributed by atoms with E-state index in [4.69, 9.17) is 0 Å². The maximum atomic E-state index is 12.1. The molecule has 0 radical (unpaired) electrons. The maximum Gasteiger partial charge on any atom is 0.225 e. The number of anilines is 1. The molecule has 0 bridgehead atoms. The van der Waals surface area contributed by atoms with Crippen LogP contribution in [-0.2, 0) is 11.3 Å². The molecule has 2 heterocycles. The van der Waals surface area contributed by atoms with E-state index in [1.807, 2.05) is 36.4 Å². The van der Waals surface area contributed by atoms with Crippen molar-refractivity contribution in [2.45, 2.75) is 19.9 Å². The first-order chi connectivity index (χ1) is 14.3. The zero-order valence-electron chi connectivity index (χ0n) is 17.3. The van der Waals surface area contributed by atoms with Crippen molar-refractivity contribution >= 4 is 41.8 Å². The van der Waals surface area contributed by atoms with Crippen molar-refractivity contribution in [3.63, 3.8) is 0 Å². The van der Waals surface area contributed by atoms with Gasteiger partial charge in [-0.2, -0.15) is 0 Å². The number of guanidine groups is 1. The Morgan fingerprint density at radius 2 is 1.73 bits per heavy atom. The SMILES string of the molecule is CCNC(=NCCC(=O)NCc1ccccc1)N1CCN(c2ncccn2)CC1.I. The first kappa shape index (κ1) is 23.8. The quantitative estimate of drug-likeness (QED) is 0.328. The van der Waals surface area contributed by atoms with Crippen molar-refractivity contribution in [3.8, 4) is 0 Å². The fourth-order valence-electron chi connectivity index (χ4n) is 3.15. The van der Waals surface area contributed by atoms with Crippen LogP contribution in [0.2, 0.25) is 0 Å². The highest BCUT2D eigenvalue weighted by Gasteiger charge is 2.21. The zero-order valence-corrected chi connectivity index (χ0v) is 19.7. The minimum absolute atomic E-state index is 0. The number of hydrogen-bond acceptors (Lipinski definition) is 5. The number of hydrogen-bond donors (Lipinski definition) is 2. The number of carbonyl (C=O) groups is 1. The number of halogens is 1. The second-order valence-electron chi connectivity index (χ2n) is 6.77. The van der Waals surface area contributed by atoms with E-state index in [1.165, 1.54) is 0 Å². The summed E-state index contributed by atoms with van der Waals surface area (Å²) in [6.45, 7) is 7.21. The minimum Gasteiger partial charge on any atom is -0.357 e. The van der Waals surface area contributed by atoms with Gasteiger partial charge in [0, 0.05) is 58.1 Å². The number of aromatic nitrogens is 2. The standard InChI is InChI=1S/C21H29N7O.HI/c1-2-22-20(25-12-9-19(29)26-17-18-7-4-3-5-8-18)27-13-15-28(16-14-27)21-23-10-6-11-24-21;/h3-8,10-11H,2,9,12-17H2,1H3,(H,22,25)(H,26,29);1H. The summed E-state index contributed by atoms with van der Waals surface area (Å²) in [6.07, 6.45) is 3.91. The van der Waals surface area contributed by atoms with E-state index in [-0.39, 0.29) is 29.9 Å². The van der Waals surface area contributed by atoms with Gasteiger partial charge in [0.15, 0.2) is 5.96 Å². The molecule has 30 heavy (non-hydrogen) atoms. The average Bonchev–Trinajstić information content (AvgIpc) is 2.78. The van der Waals surface area contributed by atoms with E-state index in [1.54, 1.807) is 12.4 Å². The zero-order chi connectivity index (χ0) is 20.3. The minimum atomic E-state index is 0. The second kappa shape index (κ2) is 13.0. The predicted molar refractivity (Wildman–Crippen MR) is 130 cm³/mol. The number of aliphatic imine (C=N–C) groups is 1. The Morgan fingerprint density at radius 3 is 2.40 bits per heavy atom. The number of amides is 1. The predicted octanol–water partition coefficient (Wildman–Crippen LogP) is 1.89. The van der Waals surface area contributed by atoms with E-state index in [2.05, 4.69) is 42.3 Å². The smallest absolute Gasteiger partial charge is 0.225 e. The highest BCUT2D eigenvalue weighted by Crippen LogP contribution is 2.09. The van der Waals surface area contributed by atoms with Crippen LogP contribution in [0.4, 0.5) is 5.95 Å². The molecule has 162 valence electrons. The Balaban J connectivity index is 0.00000320. The molecule has 0 saturated carbocycles. The van der Waals surface area contributed by atoms with Crippen molar-refractivity contribution in [2.75, 3.05) is 44.2 Å². The molecule has 9 heteroatoms. The summed E-state index contributed by atoms with van der Waals surface area (Å²) in [6, 6.07) is 11.7. The van der Waals surface area contributed by atoms with Crippen LogP contribution in [0, 0.1) is 0 Å². The van der Waals surface area contributed by atoms with Gasteiger partial charge in [-0.3, -0.25) is 9.79 Å². The lowest BCUT2D eigenvalue weighted by atomic mass is 10.2. The average molecular weight is 523 g/mol. The first-order valence-corrected chi connectivity index (χ1v) is 10.1. The van der Waals surface area contributed by atoms with Crippen molar-refractivity contribution < 1.29 is 4.79 Å². The molecule has 1 saturated heterocycles. The third-order valence-electron chi connectivity index (χ3n) is 4.68. The molecule has 1 amide bonds. The van der Waals surface area contributed by atoms with Gasteiger partial charge in [0.1, 0.15) is 0 Å². The van der Waals surface area contributed by atoms with Gasteiger partial charge in [0.05, 0.1) is 6.54 Å². The number of carbonyl (C=O) groups excluding carboxylic acids is 1. The van der Waals surface area contributed by atoms with Crippen LogP contribution in [0.25, 0.3) is 0 Å². The van der Waals surface area contributed by atoms with E-state index in [0.29, 0.717) is 19.5 Å². The van der Waals surface area contributed by atoms with Gasteiger partial charge >= 0.3 is 0 Å². The molecule has 8 nitrogen and oxygen atoms in total. The van der Waals surface area contributed by atoms with Gasteiger partial charge in [-0.15, -0.1) is 24.0 Å². The topological polar surface area (TPSA) is 85.8 Å². The van der Waals surface area contributed by atoms with Gasteiger partial charge in [-0.05, 0) is 18.6 Å². The molecular weight excluding hydrogens is 493 g/mol. The lowest BCUT2D eigenvalue weighted by Crippen LogP contribution is -2.53. The third kappa shape index (κ3) is 7.43. The van der Waals surface area contributed by atoms with Gasteiger partial charge in [-0.1, -0.05) is 30.3 Å². The molecule has 2 N–H and O–H groups in total. The van der Waals surface area contributed by atoms with Crippen LogP contribution < -0.4 is 15.5 Å². The van der Waals surface area contributed by atoms with Crippen LogP contribution in [0.3, 0.4) is 0 Å². The fourth-order valence-corrected chi connectivity index (χ4v) is 3.15. The van der Waals surface area contributed by atoms with Crippen molar-refractivity contribution in [1.82, 2.24) is 25.5 Å². The number of rotatable bonds is 7. The van der Waals surface area contributed by atoms with Crippen LogP contribution in [0.1, 0.15) is 18.9 Å². The molecule has 0 spiro atoms. The Hall–Kier alpha value is -2.43. The molecule has 1 aliphatic rings. The monoisotopic (exact) mass is 523 g/mol. The maximum absolute atomic E-state index is 12.1. The lowest BCUT2D eigenvalue weighted by Gasteiger charge is -2.36. The first-order valence-electron chi connectivity index (χ1n) is 10.1. The van der Waals surface area contributed by atoms with E-state index in [0.717, 1.165) is 50.2 Å². The van der Waals surface area contributed by atoms with Crippen molar-refractivity contribution in [3.05, 3.63) is 54.4 Å². The summed E-state index contributed by atoms with van der Waals surface area (Å²) in [4.78, 5) is 29.8. The summed E-state index contributed by atoms with van der Waals surface area (Å²) in [7, 11) is 0. The third-order valence-corrected chi connectivity index (χ3v) is 4.68. The Morgan fingerprint density at radius 1 is 1.03 bits per heavy atom. The molecule has 2 aromatic rings. The number of piperazine rings is 1. The Bertz CT molecular complexity index is 780. The fraction of sp³-hybridized carbons (Fsp3) is 0.429. The lowest BCUT2D eigenvalue weighted by molar-refractivity contribution is -0.121. The summed E-state index contributed by atoms with van der Waals surface area (Å²) >= 11 is 0. The molecule has 0 unspecified atom stereocenters. The molecule has 1 aliphatic heterocycles. The highest BCUT2D eigenvalue weighted by atomic mass is 127. The van der Waals surface area contributed by atoms with Gasteiger partial charge in [0.2, 0.25) is 11.9 Å². The summed E-state index contributed by atoms with van der Waals surface area (Å²) in [5.74, 6) is 1.64. The van der Waals surface area contributed by atoms with Gasteiger partial charge in [0.25, 0.3) is 0 Å². The molecule has 0 aliphatic carbocycles. The normalized spacial score (nSPS) is 14.1. The van der Waals surface area contributed by atoms with Crippen molar-refractivity contribution in [2.24, 2.45) is 4.99 Å². The van der Waals surface area contributed by atoms with Gasteiger partial charge in [-0.25, -0.2) is 9.97 Å². The number of nitrogens with one attached hydrogen (secondary N) is 2. The second-order valence-corrected chi connectivity index (χ2v) is 6.77. The van der Waals surface area contributed by atoms with E-state index < -0.39 is 0 Å². The summed E-state index contributed by atoms with van der Waals surface area (Å²) in [5, 5.41) is 6.28. The molecule has 0 atom stereocenters. The number of nitrogens with zero attached hydrogens (tertiary/aromatic N) is 5.